The zero-order chi connectivity index (χ0) is 10.9. The van der Waals surface area contributed by atoms with Crippen molar-refractivity contribution in [1.29, 1.82) is 0 Å². The quantitative estimate of drug-likeness (QED) is 0.522. The van der Waals surface area contributed by atoms with E-state index in [1.807, 2.05) is 0 Å². The molecule has 1 aliphatic rings. The van der Waals surface area contributed by atoms with E-state index in [1.54, 1.807) is 6.08 Å². The lowest BCUT2D eigenvalue weighted by Crippen LogP contribution is -2.23. The minimum absolute atomic E-state index is 0.00435. The van der Waals surface area contributed by atoms with E-state index in [9.17, 15) is 5.11 Å². The fourth-order valence-corrected chi connectivity index (χ4v) is 1.69. The zero-order valence-electron chi connectivity index (χ0n) is 9.36. The van der Waals surface area contributed by atoms with Gasteiger partial charge in [0.1, 0.15) is 0 Å². The number of aliphatic hydroxyl groups is 1. The molecule has 0 saturated carbocycles. The molecule has 3 nitrogen and oxygen atoms in total. The van der Waals surface area contributed by atoms with Gasteiger partial charge < -0.3 is 14.6 Å². The Morgan fingerprint density at radius 1 is 1.53 bits per heavy atom. The SMILES string of the molecule is C=CCC(O)CCCOC1CCCCO1. The van der Waals surface area contributed by atoms with Crippen LogP contribution in [0.3, 0.4) is 0 Å². The molecule has 1 heterocycles. The van der Waals surface area contributed by atoms with Crippen molar-refractivity contribution in [1.82, 2.24) is 0 Å². The van der Waals surface area contributed by atoms with E-state index in [0.29, 0.717) is 13.0 Å². The van der Waals surface area contributed by atoms with Crippen LogP contribution in [0.15, 0.2) is 12.7 Å². The molecule has 3 heteroatoms. The number of aliphatic hydroxyl groups excluding tert-OH is 1. The molecule has 0 aromatic carbocycles. The number of hydrogen-bond donors (Lipinski definition) is 1. The molecule has 0 aliphatic carbocycles. The first-order chi connectivity index (χ1) is 7.33. The van der Waals surface area contributed by atoms with Crippen LogP contribution >= 0.6 is 0 Å². The highest BCUT2D eigenvalue weighted by molar-refractivity contribution is 4.71. The Morgan fingerprint density at radius 2 is 2.40 bits per heavy atom. The fraction of sp³-hybridized carbons (Fsp3) is 0.833. The standard InChI is InChI=1S/C12H22O3/c1-2-6-11(13)7-5-10-15-12-8-3-4-9-14-12/h2,11-13H,1,3-10H2. The molecule has 0 aromatic rings. The molecule has 0 spiro atoms. The van der Waals surface area contributed by atoms with Crippen LogP contribution in [0.1, 0.15) is 38.5 Å². The van der Waals surface area contributed by atoms with Gasteiger partial charge in [-0.3, -0.25) is 0 Å². The van der Waals surface area contributed by atoms with E-state index in [0.717, 1.165) is 32.3 Å². The van der Waals surface area contributed by atoms with Crippen molar-refractivity contribution >= 4 is 0 Å². The summed E-state index contributed by atoms with van der Waals surface area (Å²) >= 11 is 0. The van der Waals surface area contributed by atoms with Gasteiger partial charge >= 0.3 is 0 Å². The summed E-state index contributed by atoms with van der Waals surface area (Å²) in [5.74, 6) is 0. The first-order valence-corrected chi connectivity index (χ1v) is 5.85. The Labute approximate surface area is 92.1 Å². The smallest absolute Gasteiger partial charge is 0.157 e. The van der Waals surface area contributed by atoms with Crippen LogP contribution in [0, 0.1) is 0 Å². The van der Waals surface area contributed by atoms with E-state index < -0.39 is 0 Å². The summed E-state index contributed by atoms with van der Waals surface area (Å²) in [6.07, 6.45) is 7.16. The number of rotatable bonds is 7. The molecule has 1 N–H and O–H groups in total. The molecule has 1 fully saturated rings. The van der Waals surface area contributed by atoms with Crippen LogP contribution in [-0.2, 0) is 9.47 Å². The zero-order valence-corrected chi connectivity index (χ0v) is 9.36. The number of ether oxygens (including phenoxy) is 2. The second-order valence-corrected chi connectivity index (χ2v) is 3.99. The Bertz CT molecular complexity index is 164. The van der Waals surface area contributed by atoms with Crippen LogP contribution in [0.4, 0.5) is 0 Å². The molecule has 1 rings (SSSR count). The number of hydrogen-bond acceptors (Lipinski definition) is 3. The minimum Gasteiger partial charge on any atom is -0.393 e. The van der Waals surface area contributed by atoms with E-state index in [2.05, 4.69) is 6.58 Å². The van der Waals surface area contributed by atoms with Crippen molar-refractivity contribution in [2.75, 3.05) is 13.2 Å². The average Bonchev–Trinajstić information content (AvgIpc) is 2.26. The molecule has 0 radical (unpaired) electrons. The average molecular weight is 214 g/mol. The maximum atomic E-state index is 9.43. The summed E-state index contributed by atoms with van der Waals surface area (Å²) in [4.78, 5) is 0. The highest BCUT2D eigenvalue weighted by Gasteiger charge is 2.13. The summed E-state index contributed by atoms with van der Waals surface area (Å²) in [5, 5.41) is 9.43. The van der Waals surface area contributed by atoms with Crippen molar-refractivity contribution in [3.63, 3.8) is 0 Å². The first kappa shape index (κ1) is 12.7. The van der Waals surface area contributed by atoms with Crippen LogP contribution in [0.5, 0.6) is 0 Å². The lowest BCUT2D eigenvalue weighted by atomic mass is 10.1. The van der Waals surface area contributed by atoms with Crippen LogP contribution in [0.2, 0.25) is 0 Å². The summed E-state index contributed by atoms with van der Waals surface area (Å²) in [5.41, 5.74) is 0. The molecule has 2 unspecified atom stereocenters. The monoisotopic (exact) mass is 214 g/mol. The molecular formula is C12H22O3. The van der Waals surface area contributed by atoms with Crippen LogP contribution < -0.4 is 0 Å². The van der Waals surface area contributed by atoms with Crippen molar-refractivity contribution in [2.45, 2.75) is 50.9 Å². The van der Waals surface area contributed by atoms with Crippen LogP contribution in [0.25, 0.3) is 0 Å². The highest BCUT2D eigenvalue weighted by atomic mass is 16.7. The van der Waals surface area contributed by atoms with E-state index >= 15 is 0 Å². The van der Waals surface area contributed by atoms with Gasteiger partial charge in [-0.1, -0.05) is 6.08 Å². The molecule has 88 valence electrons. The van der Waals surface area contributed by atoms with E-state index in [1.165, 1.54) is 6.42 Å². The van der Waals surface area contributed by atoms with Crippen molar-refractivity contribution in [2.24, 2.45) is 0 Å². The Balaban J connectivity index is 1.93. The summed E-state index contributed by atoms with van der Waals surface area (Å²) in [7, 11) is 0. The molecule has 1 saturated heterocycles. The van der Waals surface area contributed by atoms with Crippen molar-refractivity contribution in [3.05, 3.63) is 12.7 Å². The molecule has 0 aromatic heterocycles. The van der Waals surface area contributed by atoms with Gasteiger partial charge in [-0.2, -0.15) is 0 Å². The summed E-state index contributed by atoms with van der Waals surface area (Å²) in [6.45, 7) is 5.09. The Hall–Kier alpha value is -0.380. The first-order valence-electron chi connectivity index (χ1n) is 5.85. The predicted molar refractivity (Wildman–Crippen MR) is 59.6 cm³/mol. The van der Waals surface area contributed by atoms with Gasteiger partial charge in [0.25, 0.3) is 0 Å². The Morgan fingerprint density at radius 3 is 3.07 bits per heavy atom. The van der Waals surface area contributed by atoms with Gasteiger partial charge in [0.05, 0.1) is 6.10 Å². The molecular weight excluding hydrogens is 192 g/mol. The van der Waals surface area contributed by atoms with E-state index in [4.69, 9.17) is 9.47 Å². The van der Waals surface area contributed by atoms with Crippen molar-refractivity contribution < 1.29 is 14.6 Å². The summed E-state index contributed by atoms with van der Waals surface area (Å²) < 4.78 is 11.0. The van der Waals surface area contributed by atoms with Gasteiger partial charge in [0, 0.05) is 13.2 Å². The lowest BCUT2D eigenvalue weighted by molar-refractivity contribution is -0.163. The lowest BCUT2D eigenvalue weighted by Gasteiger charge is -2.22. The van der Waals surface area contributed by atoms with Gasteiger partial charge in [-0.05, 0) is 38.5 Å². The predicted octanol–water partition coefficient (Wildman–Crippen LogP) is 2.25. The minimum atomic E-state index is -0.265. The van der Waals surface area contributed by atoms with Gasteiger partial charge in [-0.15, -0.1) is 6.58 Å². The molecule has 1 aliphatic heterocycles. The largest absolute Gasteiger partial charge is 0.393 e. The molecule has 2 atom stereocenters. The van der Waals surface area contributed by atoms with E-state index in [-0.39, 0.29) is 12.4 Å². The second kappa shape index (κ2) is 7.85. The maximum absolute atomic E-state index is 9.43. The Kier molecular flexibility index (Phi) is 6.64. The van der Waals surface area contributed by atoms with Gasteiger partial charge in [0.15, 0.2) is 6.29 Å². The second-order valence-electron chi connectivity index (χ2n) is 3.99. The van der Waals surface area contributed by atoms with Gasteiger partial charge in [0.2, 0.25) is 0 Å². The van der Waals surface area contributed by atoms with Crippen molar-refractivity contribution in [3.8, 4) is 0 Å². The third kappa shape index (κ3) is 5.92. The highest BCUT2D eigenvalue weighted by Crippen LogP contribution is 2.14. The molecule has 15 heavy (non-hydrogen) atoms. The molecule has 0 bridgehead atoms. The van der Waals surface area contributed by atoms with Gasteiger partial charge in [-0.25, -0.2) is 0 Å². The molecule has 0 amide bonds. The fourth-order valence-electron chi connectivity index (χ4n) is 1.69. The van der Waals surface area contributed by atoms with Crippen LogP contribution in [-0.4, -0.2) is 30.7 Å². The summed E-state index contributed by atoms with van der Waals surface area (Å²) in [6, 6.07) is 0. The topological polar surface area (TPSA) is 38.7 Å². The maximum Gasteiger partial charge on any atom is 0.157 e. The third-order valence-electron chi connectivity index (χ3n) is 2.56. The third-order valence-corrected chi connectivity index (χ3v) is 2.56. The normalized spacial score (nSPS) is 23.7.